The van der Waals surface area contributed by atoms with Crippen molar-refractivity contribution < 1.29 is 27.2 Å². The third-order valence-electron chi connectivity index (χ3n) is 5.84. The molecule has 8 nitrogen and oxygen atoms in total. The number of nitrogens with zero attached hydrogens (tertiary/aromatic N) is 2. The second-order valence-electron chi connectivity index (χ2n) is 9.29. The summed E-state index contributed by atoms with van der Waals surface area (Å²) in [5, 5.41) is 0.336. The van der Waals surface area contributed by atoms with Crippen LogP contribution in [-0.2, 0) is 20.2 Å². The molecule has 0 unspecified atom stereocenters. The molecule has 0 atom stereocenters. The summed E-state index contributed by atoms with van der Waals surface area (Å²) in [4.78, 5) is 29.9. The van der Waals surface area contributed by atoms with Gasteiger partial charge in [0.15, 0.2) is 0 Å². The summed E-state index contributed by atoms with van der Waals surface area (Å²) in [6.45, 7) is 7.68. The minimum Gasteiger partial charge on any atom is -0.465 e. The van der Waals surface area contributed by atoms with E-state index in [9.17, 15) is 18.0 Å². The first-order valence-electron chi connectivity index (χ1n) is 11.2. The largest absolute Gasteiger partial charge is 0.465 e. The first-order chi connectivity index (χ1) is 16.9. The summed E-state index contributed by atoms with van der Waals surface area (Å²) < 4.78 is 39.1. The quantitative estimate of drug-likeness (QED) is 0.340. The van der Waals surface area contributed by atoms with Crippen molar-refractivity contribution in [2.24, 2.45) is 0 Å². The van der Waals surface area contributed by atoms with Gasteiger partial charge in [-0.2, -0.15) is 4.31 Å². The molecule has 0 saturated heterocycles. The Labute approximate surface area is 209 Å². The third kappa shape index (κ3) is 4.49. The maximum Gasteiger partial charge on any atom is 0.342 e. The van der Waals surface area contributed by atoms with Gasteiger partial charge in [0.05, 0.1) is 17.7 Å². The number of pyridine rings is 1. The molecule has 9 heteroatoms. The van der Waals surface area contributed by atoms with Gasteiger partial charge in [-0.25, -0.2) is 13.2 Å². The lowest BCUT2D eigenvalue weighted by Gasteiger charge is -2.24. The van der Waals surface area contributed by atoms with Crippen LogP contribution < -0.4 is 4.31 Å². The summed E-state index contributed by atoms with van der Waals surface area (Å²) in [6.07, 6.45) is 2.82. The molecular formula is C27H26N2O6S. The van der Waals surface area contributed by atoms with Crippen LogP contribution in [0.5, 0.6) is 0 Å². The molecule has 186 valence electrons. The Kier molecular flexibility index (Phi) is 6.44. The van der Waals surface area contributed by atoms with Gasteiger partial charge in [-0.1, -0.05) is 32.9 Å². The molecule has 0 saturated carbocycles. The van der Waals surface area contributed by atoms with Crippen LogP contribution in [0.3, 0.4) is 0 Å². The Morgan fingerprint density at radius 3 is 2.19 bits per heavy atom. The second-order valence-corrected chi connectivity index (χ2v) is 11.1. The van der Waals surface area contributed by atoms with E-state index in [4.69, 9.17) is 9.15 Å². The Balaban J connectivity index is 1.92. The van der Waals surface area contributed by atoms with Crippen LogP contribution in [0.15, 0.2) is 76.3 Å². The average Bonchev–Trinajstić information content (AvgIpc) is 3.18. The predicted molar refractivity (Wildman–Crippen MR) is 136 cm³/mol. The third-order valence-corrected chi connectivity index (χ3v) is 7.57. The van der Waals surface area contributed by atoms with Crippen molar-refractivity contribution >= 4 is 38.6 Å². The van der Waals surface area contributed by atoms with Crippen LogP contribution in [-0.4, -0.2) is 32.4 Å². The lowest BCUT2D eigenvalue weighted by atomic mass is 9.87. The van der Waals surface area contributed by atoms with Crippen LogP contribution in [0.2, 0.25) is 0 Å². The number of esters is 1. The molecule has 4 aromatic rings. The number of sulfonamides is 1. The monoisotopic (exact) mass is 506 g/mol. The molecule has 2 aromatic carbocycles. The van der Waals surface area contributed by atoms with Crippen molar-refractivity contribution in [3.8, 4) is 0 Å². The zero-order valence-electron chi connectivity index (χ0n) is 20.6. The average molecular weight is 507 g/mol. The number of ether oxygens (including phenoxy) is 1. The number of benzene rings is 2. The fourth-order valence-corrected chi connectivity index (χ4v) is 5.30. The van der Waals surface area contributed by atoms with Gasteiger partial charge in [-0.15, -0.1) is 0 Å². The van der Waals surface area contributed by atoms with E-state index in [1.54, 1.807) is 19.1 Å². The van der Waals surface area contributed by atoms with E-state index in [0.29, 0.717) is 16.7 Å². The molecule has 0 aliphatic rings. The highest BCUT2D eigenvalue weighted by atomic mass is 32.2. The van der Waals surface area contributed by atoms with Crippen molar-refractivity contribution in [3.63, 3.8) is 0 Å². The van der Waals surface area contributed by atoms with Crippen LogP contribution in [0.25, 0.3) is 11.0 Å². The minimum atomic E-state index is -4.35. The van der Waals surface area contributed by atoms with E-state index in [-0.39, 0.29) is 27.1 Å². The zero-order chi connectivity index (χ0) is 26.3. The number of carbonyl (C=O) groups is 2. The Bertz CT molecular complexity index is 1550. The summed E-state index contributed by atoms with van der Waals surface area (Å²) in [7, 11) is -3.10. The van der Waals surface area contributed by atoms with Crippen molar-refractivity contribution in [3.05, 3.63) is 89.4 Å². The summed E-state index contributed by atoms with van der Waals surface area (Å²) in [5.41, 5.74) is 1.49. The van der Waals surface area contributed by atoms with E-state index in [2.05, 4.69) is 4.98 Å². The van der Waals surface area contributed by atoms with Crippen LogP contribution in [0.1, 0.15) is 52.8 Å². The van der Waals surface area contributed by atoms with Crippen molar-refractivity contribution in [1.82, 2.24) is 4.98 Å². The Hall–Kier alpha value is -3.98. The number of fused-ring (bicyclic) bond motifs is 1. The fourth-order valence-electron chi connectivity index (χ4n) is 3.90. The number of methoxy groups -OCH3 is 1. The zero-order valence-corrected chi connectivity index (χ0v) is 21.4. The molecule has 36 heavy (non-hydrogen) atoms. The first kappa shape index (κ1) is 25.1. The van der Waals surface area contributed by atoms with Crippen molar-refractivity contribution in [2.45, 2.75) is 38.0 Å². The highest BCUT2D eigenvalue weighted by Gasteiger charge is 2.33. The molecule has 0 aliphatic heterocycles. The predicted octanol–water partition coefficient (Wildman–Crippen LogP) is 5.26. The SMILES string of the molecule is COC(=O)c1c(C)oc2ccc(N(C(=O)c3ccncc3)S(=O)(=O)c3ccc(C(C)(C)C)cc3)cc12. The number of aryl methyl sites for hydroxylation is 1. The standard InChI is InChI=1S/C27H26N2O6S/c1-17-24(26(31)34-5)22-16-20(8-11-23(22)35-17)29(25(30)18-12-14-28-15-13-18)36(32,33)21-9-6-19(7-10-21)27(2,3)4/h6-16H,1-5H3. The first-order valence-corrected chi connectivity index (χ1v) is 12.6. The van der Waals surface area contributed by atoms with E-state index in [1.807, 2.05) is 20.8 Å². The molecule has 0 radical (unpaired) electrons. The van der Waals surface area contributed by atoms with Crippen molar-refractivity contribution in [1.29, 1.82) is 0 Å². The van der Waals surface area contributed by atoms with Gasteiger partial charge in [-0.05, 0) is 60.4 Å². The minimum absolute atomic E-state index is 0.0467. The number of anilines is 1. The smallest absolute Gasteiger partial charge is 0.342 e. The number of carbonyl (C=O) groups excluding carboxylic acids is 2. The van der Waals surface area contributed by atoms with Gasteiger partial charge >= 0.3 is 5.97 Å². The Morgan fingerprint density at radius 1 is 0.972 bits per heavy atom. The molecule has 0 spiro atoms. The highest BCUT2D eigenvalue weighted by molar-refractivity contribution is 7.93. The van der Waals surface area contributed by atoms with Gasteiger partial charge in [-0.3, -0.25) is 9.78 Å². The van der Waals surface area contributed by atoms with Gasteiger partial charge in [0.1, 0.15) is 16.9 Å². The van der Waals surface area contributed by atoms with E-state index in [1.165, 1.54) is 62.0 Å². The molecule has 0 aliphatic carbocycles. The molecular weight excluding hydrogens is 480 g/mol. The summed E-state index contributed by atoms with van der Waals surface area (Å²) in [6, 6.07) is 13.8. The molecule has 0 bridgehead atoms. The number of hydrogen-bond acceptors (Lipinski definition) is 7. The fraction of sp³-hybridized carbons (Fsp3) is 0.222. The van der Waals surface area contributed by atoms with Crippen molar-refractivity contribution in [2.75, 3.05) is 11.4 Å². The number of furan rings is 1. The number of amides is 1. The molecule has 2 aromatic heterocycles. The summed E-state index contributed by atoms with van der Waals surface area (Å²) in [5.74, 6) is -1.07. The topological polar surface area (TPSA) is 107 Å². The molecule has 2 heterocycles. The number of hydrogen-bond donors (Lipinski definition) is 0. The normalized spacial score (nSPS) is 11.9. The Morgan fingerprint density at radius 2 is 1.61 bits per heavy atom. The number of rotatable bonds is 5. The summed E-state index contributed by atoms with van der Waals surface area (Å²) >= 11 is 0. The second kappa shape index (κ2) is 9.23. The highest BCUT2D eigenvalue weighted by Crippen LogP contribution is 2.34. The molecule has 0 fully saturated rings. The lowest BCUT2D eigenvalue weighted by molar-refractivity contribution is 0.0600. The van der Waals surface area contributed by atoms with Crippen LogP contribution in [0.4, 0.5) is 5.69 Å². The maximum absolute atomic E-state index is 13.9. The maximum atomic E-state index is 13.9. The van der Waals surface area contributed by atoms with E-state index < -0.39 is 21.9 Å². The van der Waals surface area contributed by atoms with Gasteiger partial charge in [0.2, 0.25) is 0 Å². The number of aromatic nitrogens is 1. The van der Waals surface area contributed by atoms with Crippen LogP contribution in [0, 0.1) is 6.92 Å². The lowest BCUT2D eigenvalue weighted by Crippen LogP contribution is -2.37. The molecule has 4 rings (SSSR count). The van der Waals surface area contributed by atoms with Gasteiger partial charge < -0.3 is 9.15 Å². The van der Waals surface area contributed by atoms with Gasteiger partial charge in [0, 0.05) is 23.3 Å². The van der Waals surface area contributed by atoms with Gasteiger partial charge in [0.25, 0.3) is 15.9 Å². The van der Waals surface area contributed by atoms with E-state index >= 15 is 0 Å². The molecule has 0 N–H and O–H groups in total. The van der Waals surface area contributed by atoms with E-state index in [0.717, 1.165) is 9.87 Å². The van der Waals surface area contributed by atoms with Crippen LogP contribution >= 0.6 is 0 Å². The molecule has 1 amide bonds.